The van der Waals surface area contributed by atoms with Gasteiger partial charge in [-0.3, -0.25) is 0 Å². The number of nitrogens with one attached hydrogen (secondary N) is 2. The molecule has 0 aromatic carbocycles. The van der Waals surface area contributed by atoms with Crippen LogP contribution in [0.1, 0.15) is 26.2 Å². The second-order valence-corrected chi connectivity index (χ2v) is 5.87. The first kappa shape index (κ1) is 11.3. The monoisotopic (exact) mass is 233 g/mol. The van der Waals surface area contributed by atoms with Gasteiger partial charge in [-0.05, 0) is 25.8 Å². The molecule has 0 bridgehead atoms. The van der Waals surface area contributed by atoms with Gasteiger partial charge in [0.15, 0.2) is 0 Å². The molecule has 1 atom stereocenters. The Kier molecular flexibility index (Phi) is 3.30. The predicted octanol–water partition coefficient (Wildman–Crippen LogP) is -0.333. The topological polar surface area (TPSA) is 61.4 Å². The highest BCUT2D eigenvalue weighted by molar-refractivity contribution is 7.87. The van der Waals surface area contributed by atoms with E-state index in [4.69, 9.17) is 0 Å². The lowest BCUT2D eigenvalue weighted by Crippen LogP contribution is -2.48. The summed E-state index contributed by atoms with van der Waals surface area (Å²) in [4.78, 5) is 0. The van der Waals surface area contributed by atoms with Gasteiger partial charge in [0.1, 0.15) is 0 Å². The van der Waals surface area contributed by atoms with Gasteiger partial charge < -0.3 is 5.32 Å². The maximum Gasteiger partial charge on any atom is 0.279 e. The van der Waals surface area contributed by atoms with Gasteiger partial charge in [-0.1, -0.05) is 6.92 Å². The maximum atomic E-state index is 12.0. The van der Waals surface area contributed by atoms with E-state index < -0.39 is 10.2 Å². The SMILES string of the molecule is CCNS(=O)(=O)N(C1CC1)C1CCNC1. The van der Waals surface area contributed by atoms with Crippen molar-refractivity contribution < 1.29 is 8.42 Å². The Bertz CT molecular complexity index is 307. The third-order valence-corrected chi connectivity index (χ3v) is 4.71. The molecule has 1 saturated carbocycles. The lowest BCUT2D eigenvalue weighted by molar-refractivity contribution is 0.322. The number of hydrogen-bond acceptors (Lipinski definition) is 3. The van der Waals surface area contributed by atoms with Crippen molar-refractivity contribution in [3.8, 4) is 0 Å². The molecule has 5 nitrogen and oxygen atoms in total. The lowest BCUT2D eigenvalue weighted by Gasteiger charge is -2.27. The van der Waals surface area contributed by atoms with Crippen molar-refractivity contribution in [2.24, 2.45) is 0 Å². The van der Waals surface area contributed by atoms with Gasteiger partial charge in [0, 0.05) is 25.2 Å². The predicted molar refractivity (Wildman–Crippen MR) is 58.7 cm³/mol. The van der Waals surface area contributed by atoms with Gasteiger partial charge >= 0.3 is 0 Å². The minimum Gasteiger partial charge on any atom is -0.315 e. The van der Waals surface area contributed by atoms with E-state index in [1.165, 1.54) is 0 Å². The summed E-state index contributed by atoms with van der Waals surface area (Å²) in [7, 11) is -3.25. The van der Waals surface area contributed by atoms with E-state index in [2.05, 4.69) is 10.0 Å². The zero-order valence-electron chi connectivity index (χ0n) is 9.07. The van der Waals surface area contributed by atoms with Crippen LogP contribution in [0.4, 0.5) is 0 Å². The van der Waals surface area contributed by atoms with E-state index in [1.807, 2.05) is 6.92 Å². The van der Waals surface area contributed by atoms with Crippen molar-refractivity contribution in [1.29, 1.82) is 0 Å². The third-order valence-electron chi connectivity index (χ3n) is 2.91. The molecule has 0 aromatic heterocycles. The van der Waals surface area contributed by atoms with Crippen LogP contribution >= 0.6 is 0 Å². The summed E-state index contributed by atoms with van der Waals surface area (Å²) >= 11 is 0. The van der Waals surface area contributed by atoms with Crippen LogP contribution in [0.25, 0.3) is 0 Å². The van der Waals surface area contributed by atoms with Gasteiger partial charge in [-0.15, -0.1) is 0 Å². The zero-order chi connectivity index (χ0) is 10.9. The number of nitrogens with zero attached hydrogens (tertiary/aromatic N) is 1. The summed E-state index contributed by atoms with van der Waals surface area (Å²) in [6.45, 7) is 4.00. The van der Waals surface area contributed by atoms with E-state index in [9.17, 15) is 8.42 Å². The molecule has 6 heteroatoms. The van der Waals surface area contributed by atoms with Crippen molar-refractivity contribution in [1.82, 2.24) is 14.3 Å². The lowest BCUT2D eigenvalue weighted by atomic mass is 10.2. The Labute approximate surface area is 91.4 Å². The first-order valence-corrected chi connectivity index (χ1v) is 7.08. The summed E-state index contributed by atoms with van der Waals surface area (Å²) in [5, 5.41) is 3.22. The number of rotatable bonds is 5. The average molecular weight is 233 g/mol. The molecule has 0 radical (unpaired) electrons. The van der Waals surface area contributed by atoms with Crippen LogP contribution in [0.5, 0.6) is 0 Å². The molecule has 2 rings (SSSR count). The minimum absolute atomic E-state index is 0.154. The van der Waals surface area contributed by atoms with Crippen molar-refractivity contribution in [3.63, 3.8) is 0 Å². The first-order valence-electron chi connectivity index (χ1n) is 5.64. The van der Waals surface area contributed by atoms with E-state index >= 15 is 0 Å². The quantitative estimate of drug-likeness (QED) is 0.683. The largest absolute Gasteiger partial charge is 0.315 e. The Balaban J connectivity index is 2.11. The molecule has 2 aliphatic rings. The standard InChI is InChI=1S/C9H19N3O2S/c1-2-11-15(13,14)12(8-3-4-8)9-5-6-10-7-9/h8-11H,2-7H2,1H3. The molecule has 0 spiro atoms. The van der Waals surface area contributed by atoms with E-state index in [1.54, 1.807) is 4.31 Å². The number of hydrogen-bond donors (Lipinski definition) is 2. The smallest absolute Gasteiger partial charge is 0.279 e. The molecule has 2 fully saturated rings. The Morgan fingerprint density at radius 3 is 2.53 bits per heavy atom. The second-order valence-electron chi connectivity index (χ2n) is 4.21. The highest BCUT2D eigenvalue weighted by atomic mass is 32.2. The van der Waals surface area contributed by atoms with Crippen molar-refractivity contribution in [2.75, 3.05) is 19.6 Å². The van der Waals surface area contributed by atoms with Crippen molar-refractivity contribution in [3.05, 3.63) is 0 Å². The van der Waals surface area contributed by atoms with Crippen LogP contribution in [0, 0.1) is 0 Å². The van der Waals surface area contributed by atoms with Crippen molar-refractivity contribution >= 4 is 10.2 Å². The van der Waals surface area contributed by atoms with Gasteiger partial charge in [-0.25, -0.2) is 4.72 Å². The minimum atomic E-state index is -3.25. The van der Waals surface area contributed by atoms with Gasteiger partial charge in [0.25, 0.3) is 10.2 Å². The third kappa shape index (κ3) is 2.50. The summed E-state index contributed by atoms with van der Waals surface area (Å²) in [6, 6.07) is 0.403. The highest BCUT2D eigenvalue weighted by Gasteiger charge is 2.42. The molecular weight excluding hydrogens is 214 g/mol. The molecule has 0 aromatic rings. The van der Waals surface area contributed by atoms with Crippen LogP contribution in [-0.2, 0) is 10.2 Å². The molecule has 88 valence electrons. The molecule has 1 aliphatic carbocycles. The molecule has 1 heterocycles. The molecule has 2 N–H and O–H groups in total. The van der Waals surface area contributed by atoms with E-state index in [0.717, 1.165) is 32.4 Å². The molecular formula is C9H19N3O2S. The molecule has 15 heavy (non-hydrogen) atoms. The molecule has 1 saturated heterocycles. The normalized spacial score (nSPS) is 27.5. The Morgan fingerprint density at radius 2 is 2.07 bits per heavy atom. The fourth-order valence-electron chi connectivity index (χ4n) is 2.13. The zero-order valence-corrected chi connectivity index (χ0v) is 9.89. The van der Waals surface area contributed by atoms with Gasteiger partial charge in [0.2, 0.25) is 0 Å². The highest BCUT2D eigenvalue weighted by Crippen LogP contribution is 2.32. The summed E-state index contributed by atoms with van der Waals surface area (Å²) in [5.74, 6) is 0. The Morgan fingerprint density at radius 1 is 1.33 bits per heavy atom. The first-order chi connectivity index (χ1) is 7.15. The molecule has 1 unspecified atom stereocenters. The van der Waals surface area contributed by atoms with E-state index in [-0.39, 0.29) is 12.1 Å². The van der Waals surface area contributed by atoms with Crippen LogP contribution in [0.3, 0.4) is 0 Å². The van der Waals surface area contributed by atoms with Crippen molar-refractivity contribution in [2.45, 2.75) is 38.3 Å². The Hall–Kier alpha value is -0.170. The van der Waals surface area contributed by atoms with E-state index in [0.29, 0.717) is 6.54 Å². The summed E-state index contributed by atoms with van der Waals surface area (Å²) in [5.41, 5.74) is 0. The fraction of sp³-hybridized carbons (Fsp3) is 1.00. The molecule has 0 amide bonds. The molecule has 1 aliphatic heterocycles. The fourth-order valence-corrected chi connectivity index (χ4v) is 3.82. The van der Waals surface area contributed by atoms with Crippen LogP contribution < -0.4 is 10.0 Å². The second kappa shape index (κ2) is 4.37. The van der Waals surface area contributed by atoms with Crippen LogP contribution in [0.2, 0.25) is 0 Å². The summed E-state index contributed by atoms with van der Waals surface area (Å²) < 4.78 is 28.3. The van der Waals surface area contributed by atoms with Crippen LogP contribution in [0.15, 0.2) is 0 Å². The van der Waals surface area contributed by atoms with Gasteiger partial charge in [0.05, 0.1) is 0 Å². The summed E-state index contributed by atoms with van der Waals surface area (Å²) in [6.07, 6.45) is 2.96. The van der Waals surface area contributed by atoms with Gasteiger partial charge in [-0.2, -0.15) is 12.7 Å². The van der Waals surface area contributed by atoms with Crippen LogP contribution in [-0.4, -0.2) is 44.4 Å². The maximum absolute atomic E-state index is 12.0. The average Bonchev–Trinajstić information content (AvgIpc) is 2.80.